The second-order valence-corrected chi connectivity index (χ2v) is 8.42. The molecule has 1 heterocycles. The molecule has 0 saturated carbocycles. The van der Waals surface area contributed by atoms with E-state index in [1.54, 1.807) is 11.8 Å². The molecule has 8 heteroatoms. The van der Waals surface area contributed by atoms with Gasteiger partial charge in [-0.15, -0.1) is 23.1 Å². The van der Waals surface area contributed by atoms with E-state index in [9.17, 15) is 14.4 Å². The predicted molar refractivity (Wildman–Crippen MR) is 111 cm³/mol. The quantitative estimate of drug-likeness (QED) is 0.717. The molecule has 28 heavy (non-hydrogen) atoms. The zero-order valence-electron chi connectivity index (χ0n) is 15.8. The van der Waals surface area contributed by atoms with Crippen molar-refractivity contribution in [3.63, 3.8) is 0 Å². The zero-order valence-corrected chi connectivity index (χ0v) is 17.4. The lowest BCUT2D eigenvalue weighted by molar-refractivity contribution is -0.115. The van der Waals surface area contributed by atoms with E-state index in [0.29, 0.717) is 10.6 Å². The number of amides is 3. The number of alkyl carbamates (subject to hydrolysis) is 1. The van der Waals surface area contributed by atoms with E-state index in [-0.39, 0.29) is 12.3 Å². The van der Waals surface area contributed by atoms with Gasteiger partial charge in [0.25, 0.3) is 5.91 Å². The highest BCUT2D eigenvalue weighted by Gasteiger charge is 2.27. The van der Waals surface area contributed by atoms with E-state index < -0.39 is 12.0 Å². The molecule has 0 unspecified atom stereocenters. The van der Waals surface area contributed by atoms with Gasteiger partial charge in [0.2, 0.25) is 5.91 Å². The van der Waals surface area contributed by atoms with Crippen LogP contribution in [0.5, 0.6) is 0 Å². The van der Waals surface area contributed by atoms with Crippen molar-refractivity contribution in [2.75, 3.05) is 18.7 Å². The second-order valence-electron chi connectivity index (χ2n) is 6.43. The number of thiophene rings is 1. The average Bonchev–Trinajstić information content (AvgIpc) is 3.06. The van der Waals surface area contributed by atoms with Crippen molar-refractivity contribution in [2.24, 2.45) is 0 Å². The Kier molecular flexibility index (Phi) is 6.74. The highest BCUT2D eigenvalue weighted by atomic mass is 32.2. The van der Waals surface area contributed by atoms with Crippen molar-refractivity contribution in [2.45, 2.75) is 37.0 Å². The van der Waals surface area contributed by atoms with Gasteiger partial charge >= 0.3 is 6.09 Å². The number of rotatable bonds is 5. The van der Waals surface area contributed by atoms with Crippen LogP contribution < -0.4 is 10.6 Å². The number of aryl methyl sites for hydroxylation is 1. The van der Waals surface area contributed by atoms with Gasteiger partial charge in [-0.25, -0.2) is 4.79 Å². The summed E-state index contributed by atoms with van der Waals surface area (Å²) in [6, 6.07) is 7.81. The van der Waals surface area contributed by atoms with Gasteiger partial charge in [0.1, 0.15) is 5.00 Å². The van der Waals surface area contributed by atoms with E-state index >= 15 is 0 Å². The number of hydrogen-bond donors (Lipinski definition) is 2. The van der Waals surface area contributed by atoms with Crippen molar-refractivity contribution in [1.29, 1.82) is 0 Å². The molecule has 1 aliphatic carbocycles. The number of thioether (sulfide) groups is 1. The lowest BCUT2D eigenvalue weighted by Gasteiger charge is -2.12. The number of methoxy groups -OCH3 is 1. The first kappa shape index (κ1) is 20.4. The Labute approximate surface area is 172 Å². The highest BCUT2D eigenvalue weighted by molar-refractivity contribution is 7.98. The molecule has 0 fully saturated rings. The molecule has 1 aromatic carbocycles. The lowest BCUT2D eigenvalue weighted by Crippen LogP contribution is -2.31. The van der Waals surface area contributed by atoms with E-state index in [1.807, 2.05) is 30.5 Å². The standard InChI is InChI=1S/C20H22N2O4S2/c1-26-20(25)22-18(24)17-14-5-3-4-6-15(14)28-19(17)21-16(23)11-12-7-9-13(27-2)10-8-12/h7-10H,3-6,11H2,1-2H3,(H,21,23)(H,22,24,25). The molecule has 2 N–H and O–H groups in total. The number of hydrogen-bond acceptors (Lipinski definition) is 6. The molecule has 148 valence electrons. The van der Waals surface area contributed by atoms with Crippen LogP contribution in [0.15, 0.2) is 29.2 Å². The summed E-state index contributed by atoms with van der Waals surface area (Å²) in [5, 5.41) is 5.59. The zero-order chi connectivity index (χ0) is 20.1. The van der Waals surface area contributed by atoms with Crippen molar-refractivity contribution in [1.82, 2.24) is 5.32 Å². The summed E-state index contributed by atoms with van der Waals surface area (Å²) in [6.07, 6.45) is 5.09. The van der Waals surface area contributed by atoms with Crippen molar-refractivity contribution < 1.29 is 19.1 Å². The Hall–Kier alpha value is -2.32. The first-order chi connectivity index (χ1) is 13.5. The molecule has 3 rings (SSSR count). The van der Waals surface area contributed by atoms with Crippen LogP contribution in [0, 0.1) is 0 Å². The van der Waals surface area contributed by atoms with Gasteiger partial charge in [0.05, 0.1) is 19.1 Å². The maximum Gasteiger partial charge on any atom is 0.413 e. The Morgan fingerprint density at radius 1 is 1.14 bits per heavy atom. The number of imide groups is 1. The number of benzene rings is 1. The SMILES string of the molecule is COC(=O)NC(=O)c1c(NC(=O)Cc2ccc(SC)cc2)sc2c1CCCC2. The molecule has 0 radical (unpaired) electrons. The molecule has 0 aliphatic heterocycles. The summed E-state index contributed by atoms with van der Waals surface area (Å²) >= 11 is 3.07. The number of anilines is 1. The van der Waals surface area contributed by atoms with Crippen molar-refractivity contribution >= 4 is 46.0 Å². The molecule has 1 aliphatic rings. The Bertz CT molecular complexity index is 890. The molecule has 6 nitrogen and oxygen atoms in total. The lowest BCUT2D eigenvalue weighted by atomic mass is 9.95. The Morgan fingerprint density at radius 2 is 1.86 bits per heavy atom. The van der Waals surface area contributed by atoms with Gasteiger partial charge in [0.15, 0.2) is 0 Å². The molecule has 0 saturated heterocycles. The van der Waals surface area contributed by atoms with Gasteiger partial charge in [-0.3, -0.25) is 14.9 Å². The molecular formula is C20H22N2O4S2. The number of ether oxygens (including phenoxy) is 1. The van der Waals surface area contributed by atoms with Crippen LogP contribution in [0.1, 0.15) is 39.2 Å². The van der Waals surface area contributed by atoms with Crippen molar-refractivity contribution in [3.8, 4) is 0 Å². The number of carbonyl (C=O) groups excluding carboxylic acids is 3. The fourth-order valence-electron chi connectivity index (χ4n) is 3.20. The summed E-state index contributed by atoms with van der Waals surface area (Å²) in [5.74, 6) is -0.728. The number of nitrogens with one attached hydrogen (secondary N) is 2. The van der Waals surface area contributed by atoms with E-state index in [0.717, 1.165) is 46.6 Å². The third-order valence-electron chi connectivity index (χ3n) is 4.58. The smallest absolute Gasteiger partial charge is 0.413 e. The van der Waals surface area contributed by atoms with Crippen LogP contribution in [0.3, 0.4) is 0 Å². The summed E-state index contributed by atoms with van der Waals surface area (Å²) in [6.45, 7) is 0. The fourth-order valence-corrected chi connectivity index (χ4v) is 4.91. The first-order valence-corrected chi connectivity index (χ1v) is 11.0. The molecule has 0 bridgehead atoms. The largest absolute Gasteiger partial charge is 0.453 e. The minimum atomic E-state index is -0.813. The topological polar surface area (TPSA) is 84.5 Å². The minimum absolute atomic E-state index is 0.192. The maximum atomic E-state index is 12.6. The maximum absolute atomic E-state index is 12.6. The van der Waals surface area contributed by atoms with Crippen molar-refractivity contribution in [3.05, 3.63) is 45.8 Å². The second kappa shape index (κ2) is 9.25. The van der Waals surface area contributed by atoms with E-state index in [4.69, 9.17) is 0 Å². The molecule has 2 aromatic rings. The summed E-state index contributed by atoms with van der Waals surface area (Å²) in [5.41, 5.74) is 2.21. The highest BCUT2D eigenvalue weighted by Crippen LogP contribution is 2.38. The third kappa shape index (κ3) is 4.74. The average molecular weight is 419 g/mol. The summed E-state index contributed by atoms with van der Waals surface area (Å²) < 4.78 is 4.53. The normalized spacial score (nSPS) is 12.8. The van der Waals surface area contributed by atoms with Crippen LogP contribution in [0.2, 0.25) is 0 Å². The number of fused-ring (bicyclic) bond motifs is 1. The van der Waals surface area contributed by atoms with Gasteiger partial charge < -0.3 is 10.1 Å². The first-order valence-electron chi connectivity index (χ1n) is 8.98. The van der Waals surface area contributed by atoms with Gasteiger partial charge in [-0.2, -0.15) is 0 Å². The Balaban J connectivity index is 1.79. The number of carbonyl (C=O) groups is 3. The van der Waals surface area contributed by atoms with E-state index in [2.05, 4.69) is 15.4 Å². The fraction of sp³-hybridized carbons (Fsp3) is 0.350. The monoisotopic (exact) mass is 418 g/mol. The molecular weight excluding hydrogens is 396 g/mol. The minimum Gasteiger partial charge on any atom is -0.453 e. The summed E-state index contributed by atoms with van der Waals surface area (Å²) in [4.78, 5) is 38.9. The molecule has 1 aromatic heterocycles. The molecule has 0 atom stereocenters. The summed E-state index contributed by atoms with van der Waals surface area (Å²) in [7, 11) is 1.21. The van der Waals surface area contributed by atoms with Crippen LogP contribution >= 0.6 is 23.1 Å². The van der Waals surface area contributed by atoms with Gasteiger partial charge in [0, 0.05) is 9.77 Å². The van der Waals surface area contributed by atoms with Crippen LogP contribution in [-0.4, -0.2) is 31.3 Å². The van der Waals surface area contributed by atoms with Crippen LogP contribution in [0.4, 0.5) is 9.80 Å². The van der Waals surface area contributed by atoms with E-state index in [1.165, 1.54) is 18.4 Å². The van der Waals surface area contributed by atoms with Crippen LogP contribution in [0.25, 0.3) is 0 Å². The third-order valence-corrected chi connectivity index (χ3v) is 6.53. The molecule has 0 spiro atoms. The molecule has 3 amide bonds. The predicted octanol–water partition coefficient (Wildman–Crippen LogP) is 4.03. The Morgan fingerprint density at radius 3 is 2.54 bits per heavy atom. The van der Waals surface area contributed by atoms with Crippen LogP contribution in [-0.2, 0) is 28.8 Å². The van der Waals surface area contributed by atoms with Gasteiger partial charge in [-0.05, 0) is 55.2 Å². The van der Waals surface area contributed by atoms with Gasteiger partial charge in [-0.1, -0.05) is 12.1 Å².